The van der Waals surface area contributed by atoms with Crippen molar-refractivity contribution in [3.05, 3.63) is 48.5 Å². The van der Waals surface area contributed by atoms with E-state index in [1.807, 2.05) is 48.5 Å². The minimum absolute atomic E-state index is 0.0969. The number of carbonyl (C=O) groups is 2. The van der Waals surface area contributed by atoms with Gasteiger partial charge in [0.2, 0.25) is 5.91 Å². The van der Waals surface area contributed by atoms with Gasteiger partial charge >= 0.3 is 6.09 Å². The molecule has 0 fully saturated rings. The number of benzene rings is 2. The number of carbonyl (C=O) groups excluding carboxylic acids is 2. The second-order valence-electron chi connectivity index (χ2n) is 7.45. The Hall–Kier alpha value is -2.93. The molecule has 1 heterocycles. The van der Waals surface area contributed by atoms with Crippen LogP contribution in [0.15, 0.2) is 48.5 Å². The maximum atomic E-state index is 12.3. The summed E-state index contributed by atoms with van der Waals surface area (Å²) < 4.78 is 6.37. The first kappa shape index (κ1) is 19.8. The summed E-state index contributed by atoms with van der Waals surface area (Å²) in [5.74, 6) is -0.296. The van der Waals surface area contributed by atoms with Crippen molar-refractivity contribution in [2.24, 2.45) is 0 Å². The summed E-state index contributed by atoms with van der Waals surface area (Å²) in [5.41, 5.74) is 1.93. The molecule has 0 saturated carbocycles. The number of rotatable bonds is 4. The molecule has 7 heteroatoms. The zero-order valence-electron chi connectivity index (χ0n) is 16.4. The molecule has 146 valence electrons. The average Bonchev–Trinajstić information content (AvgIpc) is 3.04. The first-order valence-corrected chi connectivity index (χ1v) is 9.73. The molecule has 3 rings (SSSR count). The van der Waals surface area contributed by atoms with Crippen molar-refractivity contribution in [2.45, 2.75) is 26.4 Å². The van der Waals surface area contributed by atoms with Gasteiger partial charge < -0.3 is 15.0 Å². The Morgan fingerprint density at radius 1 is 1.14 bits per heavy atom. The van der Waals surface area contributed by atoms with Crippen LogP contribution in [0.25, 0.3) is 20.8 Å². The van der Waals surface area contributed by atoms with Crippen molar-refractivity contribution in [3.8, 4) is 10.6 Å². The predicted molar refractivity (Wildman–Crippen MR) is 113 cm³/mol. The number of hydrogen-bond donors (Lipinski definition) is 1. The molecule has 0 bridgehead atoms. The Morgan fingerprint density at radius 2 is 1.89 bits per heavy atom. The van der Waals surface area contributed by atoms with Gasteiger partial charge in [-0.1, -0.05) is 24.3 Å². The number of anilines is 1. The first-order valence-electron chi connectivity index (χ1n) is 8.91. The lowest BCUT2D eigenvalue weighted by molar-refractivity contribution is -0.117. The van der Waals surface area contributed by atoms with E-state index in [9.17, 15) is 9.59 Å². The normalized spacial score (nSPS) is 11.3. The van der Waals surface area contributed by atoms with E-state index in [1.54, 1.807) is 32.1 Å². The average molecular weight is 398 g/mol. The molecule has 28 heavy (non-hydrogen) atoms. The highest BCUT2D eigenvalue weighted by Crippen LogP contribution is 2.31. The highest BCUT2D eigenvalue weighted by molar-refractivity contribution is 7.21. The van der Waals surface area contributed by atoms with Crippen LogP contribution in [0.3, 0.4) is 0 Å². The molecule has 0 aliphatic carbocycles. The van der Waals surface area contributed by atoms with Crippen molar-refractivity contribution in [1.82, 2.24) is 9.88 Å². The van der Waals surface area contributed by atoms with Crippen LogP contribution < -0.4 is 5.32 Å². The van der Waals surface area contributed by atoms with Crippen LogP contribution in [0, 0.1) is 0 Å². The van der Waals surface area contributed by atoms with E-state index in [4.69, 9.17) is 4.74 Å². The lowest BCUT2D eigenvalue weighted by Gasteiger charge is -2.24. The van der Waals surface area contributed by atoms with Gasteiger partial charge in [-0.2, -0.15) is 0 Å². The highest BCUT2D eigenvalue weighted by Gasteiger charge is 2.21. The first-order chi connectivity index (χ1) is 13.2. The summed E-state index contributed by atoms with van der Waals surface area (Å²) in [6.07, 6.45) is -0.536. The van der Waals surface area contributed by atoms with Gasteiger partial charge in [0.1, 0.15) is 17.2 Å². The van der Waals surface area contributed by atoms with E-state index in [-0.39, 0.29) is 12.5 Å². The number of nitrogens with one attached hydrogen (secondary N) is 1. The van der Waals surface area contributed by atoms with Gasteiger partial charge in [-0.25, -0.2) is 9.78 Å². The molecule has 0 unspecified atom stereocenters. The fourth-order valence-electron chi connectivity index (χ4n) is 2.55. The summed E-state index contributed by atoms with van der Waals surface area (Å²) in [7, 11) is 1.53. The number of thiazole rings is 1. The quantitative estimate of drug-likeness (QED) is 0.688. The molecule has 1 aromatic heterocycles. The molecule has 0 saturated heterocycles. The molecular formula is C21H23N3O3S. The van der Waals surface area contributed by atoms with E-state index in [2.05, 4.69) is 10.3 Å². The van der Waals surface area contributed by atoms with Crippen molar-refractivity contribution in [1.29, 1.82) is 0 Å². The molecular weight excluding hydrogens is 374 g/mol. The number of fused-ring (bicyclic) bond motifs is 1. The Balaban J connectivity index is 1.67. The Bertz CT molecular complexity index is 974. The lowest BCUT2D eigenvalue weighted by atomic mass is 10.2. The number of ether oxygens (including phenoxy) is 1. The van der Waals surface area contributed by atoms with E-state index in [1.165, 1.54) is 11.9 Å². The molecule has 2 amide bonds. The molecule has 0 radical (unpaired) electrons. The van der Waals surface area contributed by atoms with Crippen LogP contribution >= 0.6 is 11.3 Å². The topological polar surface area (TPSA) is 71.5 Å². The number of amides is 2. The van der Waals surface area contributed by atoms with Gasteiger partial charge in [0.15, 0.2) is 0 Å². The third-order valence-electron chi connectivity index (χ3n) is 3.77. The third kappa shape index (κ3) is 5.07. The summed E-state index contributed by atoms with van der Waals surface area (Å²) in [5, 5.41) is 3.71. The zero-order chi connectivity index (χ0) is 20.3. The predicted octanol–water partition coefficient (Wildman–Crippen LogP) is 4.77. The highest BCUT2D eigenvalue weighted by atomic mass is 32.1. The maximum Gasteiger partial charge on any atom is 0.410 e. The van der Waals surface area contributed by atoms with E-state index in [0.29, 0.717) is 5.69 Å². The summed E-state index contributed by atoms with van der Waals surface area (Å²) in [4.78, 5) is 30.2. The zero-order valence-corrected chi connectivity index (χ0v) is 17.2. The SMILES string of the molecule is CN(CC(=O)Nc1cccc(-c2nc3ccccc3s2)c1)C(=O)OC(C)(C)C. The van der Waals surface area contributed by atoms with Gasteiger partial charge in [-0.05, 0) is 45.0 Å². The molecule has 0 spiro atoms. The Morgan fingerprint density at radius 3 is 2.61 bits per heavy atom. The molecule has 2 aromatic carbocycles. The molecule has 0 aliphatic rings. The second-order valence-corrected chi connectivity index (χ2v) is 8.48. The van der Waals surface area contributed by atoms with Crippen molar-refractivity contribution in [3.63, 3.8) is 0 Å². The molecule has 0 aliphatic heterocycles. The number of para-hydroxylation sites is 1. The van der Waals surface area contributed by atoms with E-state index < -0.39 is 11.7 Å². The summed E-state index contributed by atoms with van der Waals surface area (Å²) in [6, 6.07) is 15.5. The van der Waals surface area contributed by atoms with Crippen LogP contribution in [0.2, 0.25) is 0 Å². The van der Waals surface area contributed by atoms with Crippen LogP contribution in [0.4, 0.5) is 10.5 Å². The molecule has 0 atom stereocenters. The monoisotopic (exact) mass is 397 g/mol. The fourth-order valence-corrected chi connectivity index (χ4v) is 3.51. The van der Waals surface area contributed by atoms with Gasteiger partial charge in [0.05, 0.1) is 10.2 Å². The van der Waals surface area contributed by atoms with Gasteiger partial charge in [-0.3, -0.25) is 4.79 Å². The third-order valence-corrected chi connectivity index (χ3v) is 4.86. The summed E-state index contributed by atoms with van der Waals surface area (Å²) in [6.45, 7) is 5.26. The Kier molecular flexibility index (Phi) is 5.65. The molecule has 6 nitrogen and oxygen atoms in total. The number of hydrogen-bond acceptors (Lipinski definition) is 5. The molecule has 1 N–H and O–H groups in total. The van der Waals surface area contributed by atoms with Crippen LogP contribution in [0.5, 0.6) is 0 Å². The van der Waals surface area contributed by atoms with Gasteiger partial charge in [0.25, 0.3) is 0 Å². The van der Waals surface area contributed by atoms with E-state index >= 15 is 0 Å². The minimum atomic E-state index is -0.604. The number of nitrogens with zero attached hydrogens (tertiary/aromatic N) is 2. The maximum absolute atomic E-state index is 12.3. The number of aromatic nitrogens is 1. The van der Waals surface area contributed by atoms with Crippen LogP contribution in [-0.4, -0.2) is 41.1 Å². The second kappa shape index (κ2) is 7.98. The fraction of sp³-hybridized carbons (Fsp3) is 0.286. The van der Waals surface area contributed by atoms with Crippen molar-refractivity contribution in [2.75, 3.05) is 18.9 Å². The van der Waals surface area contributed by atoms with Gasteiger partial charge in [0, 0.05) is 18.3 Å². The van der Waals surface area contributed by atoms with Crippen LogP contribution in [0.1, 0.15) is 20.8 Å². The minimum Gasteiger partial charge on any atom is -0.444 e. The summed E-state index contributed by atoms with van der Waals surface area (Å²) >= 11 is 1.60. The number of likely N-dealkylation sites (N-methyl/N-ethyl adjacent to an activating group) is 1. The largest absolute Gasteiger partial charge is 0.444 e. The van der Waals surface area contributed by atoms with E-state index in [0.717, 1.165) is 20.8 Å². The standard InChI is InChI=1S/C21H23N3O3S/c1-21(2,3)27-20(26)24(4)13-18(25)22-15-9-7-8-14(12-15)19-23-16-10-5-6-11-17(16)28-19/h5-12H,13H2,1-4H3,(H,22,25). The molecule has 3 aromatic rings. The lowest BCUT2D eigenvalue weighted by Crippen LogP contribution is -2.38. The van der Waals surface area contributed by atoms with Crippen molar-refractivity contribution >= 4 is 39.2 Å². The van der Waals surface area contributed by atoms with Gasteiger partial charge in [-0.15, -0.1) is 11.3 Å². The Labute approximate surface area is 168 Å². The van der Waals surface area contributed by atoms with Crippen molar-refractivity contribution < 1.29 is 14.3 Å². The van der Waals surface area contributed by atoms with Crippen LogP contribution in [-0.2, 0) is 9.53 Å². The smallest absolute Gasteiger partial charge is 0.410 e.